The van der Waals surface area contributed by atoms with Gasteiger partial charge in [0.25, 0.3) is 0 Å². The van der Waals surface area contributed by atoms with Gasteiger partial charge < -0.3 is 15.7 Å². The van der Waals surface area contributed by atoms with Crippen LogP contribution in [0.25, 0.3) is 0 Å². The van der Waals surface area contributed by atoms with Gasteiger partial charge in [-0.25, -0.2) is 9.59 Å². The molecule has 0 heterocycles. The molecule has 0 radical (unpaired) electrons. The zero-order chi connectivity index (χ0) is 14.5. The Hall–Kier alpha value is -2.04. The van der Waals surface area contributed by atoms with E-state index in [1.165, 1.54) is 0 Å². The number of urea groups is 1. The van der Waals surface area contributed by atoms with E-state index in [1.54, 1.807) is 18.2 Å². The van der Waals surface area contributed by atoms with E-state index in [2.05, 4.69) is 10.6 Å². The summed E-state index contributed by atoms with van der Waals surface area (Å²) in [5.41, 5.74) is 1.55. The van der Waals surface area contributed by atoms with E-state index in [9.17, 15) is 14.7 Å². The molecule has 0 bridgehead atoms. The molecule has 5 nitrogen and oxygen atoms in total. The van der Waals surface area contributed by atoms with E-state index in [0.29, 0.717) is 5.56 Å². The Morgan fingerprint density at radius 3 is 2.60 bits per heavy atom. The molecular formula is C15H20N2O3. The van der Waals surface area contributed by atoms with Crippen LogP contribution < -0.4 is 10.6 Å². The molecule has 3 N–H and O–H groups in total. The smallest absolute Gasteiger partial charge is 0.330 e. The summed E-state index contributed by atoms with van der Waals surface area (Å²) in [5.74, 6) is -1.06. The number of carbonyl (C=O) groups excluding carboxylic acids is 1. The number of rotatable bonds is 4. The van der Waals surface area contributed by atoms with Crippen molar-refractivity contribution in [2.24, 2.45) is 0 Å². The Morgan fingerprint density at radius 2 is 2.00 bits per heavy atom. The van der Waals surface area contributed by atoms with Gasteiger partial charge in [-0.3, -0.25) is 0 Å². The minimum Gasteiger partial charge on any atom is -0.479 e. The summed E-state index contributed by atoms with van der Waals surface area (Å²) >= 11 is 0. The van der Waals surface area contributed by atoms with Gasteiger partial charge in [-0.2, -0.15) is 0 Å². The fourth-order valence-corrected chi connectivity index (χ4v) is 2.57. The molecule has 0 spiro atoms. The molecule has 1 aromatic carbocycles. The fraction of sp³-hybridized carbons (Fsp3) is 0.467. The lowest BCUT2D eigenvalue weighted by Crippen LogP contribution is -2.44. The number of hydrogen-bond donors (Lipinski definition) is 3. The van der Waals surface area contributed by atoms with Crippen molar-refractivity contribution in [3.63, 3.8) is 0 Å². The van der Waals surface area contributed by atoms with E-state index < -0.39 is 18.0 Å². The molecule has 0 aliphatic heterocycles. The van der Waals surface area contributed by atoms with Crippen molar-refractivity contribution in [2.45, 2.75) is 44.7 Å². The molecule has 1 saturated carbocycles. The lowest BCUT2D eigenvalue weighted by molar-refractivity contribution is -0.139. The van der Waals surface area contributed by atoms with Gasteiger partial charge in [0.15, 0.2) is 6.04 Å². The van der Waals surface area contributed by atoms with Crippen LogP contribution in [0.3, 0.4) is 0 Å². The van der Waals surface area contributed by atoms with Crippen LogP contribution in [-0.4, -0.2) is 23.1 Å². The maximum Gasteiger partial charge on any atom is 0.330 e. The number of carboxylic acid groups (broad SMARTS) is 1. The molecule has 0 saturated heterocycles. The molecule has 0 aromatic heterocycles. The molecule has 1 fully saturated rings. The second kappa shape index (κ2) is 6.41. The summed E-state index contributed by atoms with van der Waals surface area (Å²) in [7, 11) is 0. The van der Waals surface area contributed by atoms with Crippen LogP contribution in [0.4, 0.5) is 4.79 Å². The first-order valence-electron chi connectivity index (χ1n) is 6.92. The Balaban J connectivity index is 2.02. The van der Waals surface area contributed by atoms with Crippen molar-refractivity contribution in [3.05, 3.63) is 35.4 Å². The van der Waals surface area contributed by atoms with Crippen LogP contribution in [0, 0.1) is 6.92 Å². The molecule has 1 aliphatic carbocycles. The number of hydrogen-bond acceptors (Lipinski definition) is 2. The summed E-state index contributed by atoms with van der Waals surface area (Å²) in [6, 6.07) is 5.90. The molecule has 0 unspecified atom stereocenters. The van der Waals surface area contributed by atoms with Gasteiger partial charge in [0.1, 0.15) is 0 Å². The number of nitrogens with one attached hydrogen (secondary N) is 2. The molecule has 2 rings (SSSR count). The summed E-state index contributed by atoms with van der Waals surface area (Å²) in [6.07, 6.45) is 4.17. The standard InChI is InChI=1S/C15H20N2O3/c1-10-5-4-6-11(9-10)13(14(18)19)17-15(20)16-12-7-2-3-8-12/h4-6,9,12-13H,2-3,7-8H2,1H3,(H,18,19)(H2,16,17,20)/t13-/m0/s1. The average Bonchev–Trinajstić information content (AvgIpc) is 2.88. The molecule has 5 heteroatoms. The molecule has 2 amide bonds. The molecule has 1 atom stereocenters. The summed E-state index contributed by atoms with van der Waals surface area (Å²) in [6.45, 7) is 1.89. The highest BCUT2D eigenvalue weighted by Gasteiger charge is 2.24. The van der Waals surface area contributed by atoms with E-state index in [1.807, 2.05) is 13.0 Å². The van der Waals surface area contributed by atoms with E-state index in [4.69, 9.17) is 0 Å². The van der Waals surface area contributed by atoms with Gasteiger partial charge in [0.05, 0.1) is 0 Å². The van der Waals surface area contributed by atoms with Crippen molar-refractivity contribution in [1.29, 1.82) is 0 Å². The highest BCUT2D eigenvalue weighted by molar-refractivity contribution is 5.83. The Kier molecular flexibility index (Phi) is 4.61. The first-order valence-corrected chi connectivity index (χ1v) is 6.92. The first-order chi connectivity index (χ1) is 9.56. The minimum absolute atomic E-state index is 0.168. The third-order valence-corrected chi connectivity index (χ3v) is 3.59. The van der Waals surface area contributed by atoms with E-state index >= 15 is 0 Å². The first kappa shape index (κ1) is 14.4. The Labute approximate surface area is 118 Å². The normalized spacial score (nSPS) is 16.6. The second-order valence-corrected chi connectivity index (χ2v) is 5.28. The van der Waals surface area contributed by atoms with Crippen molar-refractivity contribution in [1.82, 2.24) is 10.6 Å². The van der Waals surface area contributed by atoms with Crippen LogP contribution in [-0.2, 0) is 4.79 Å². The minimum atomic E-state index is -1.06. The average molecular weight is 276 g/mol. The van der Waals surface area contributed by atoms with Gasteiger partial charge >= 0.3 is 12.0 Å². The maximum absolute atomic E-state index is 11.9. The molecular weight excluding hydrogens is 256 g/mol. The SMILES string of the molecule is Cc1cccc([C@H](NC(=O)NC2CCCC2)C(=O)O)c1. The number of aliphatic carboxylic acids is 1. The van der Waals surface area contributed by atoms with Crippen LogP contribution in [0.15, 0.2) is 24.3 Å². The number of benzene rings is 1. The lowest BCUT2D eigenvalue weighted by atomic mass is 10.0. The predicted molar refractivity (Wildman–Crippen MR) is 75.5 cm³/mol. The van der Waals surface area contributed by atoms with Crippen molar-refractivity contribution in [3.8, 4) is 0 Å². The third-order valence-electron chi connectivity index (χ3n) is 3.59. The van der Waals surface area contributed by atoms with Crippen molar-refractivity contribution in [2.75, 3.05) is 0 Å². The third kappa shape index (κ3) is 3.73. The predicted octanol–water partition coefficient (Wildman–Crippen LogP) is 2.36. The Morgan fingerprint density at radius 1 is 1.30 bits per heavy atom. The van der Waals surface area contributed by atoms with Crippen LogP contribution in [0.2, 0.25) is 0 Å². The number of carbonyl (C=O) groups is 2. The van der Waals surface area contributed by atoms with Gasteiger partial charge in [-0.05, 0) is 25.3 Å². The highest BCUT2D eigenvalue weighted by Crippen LogP contribution is 2.18. The van der Waals surface area contributed by atoms with E-state index in [-0.39, 0.29) is 6.04 Å². The van der Waals surface area contributed by atoms with Gasteiger partial charge in [0, 0.05) is 6.04 Å². The summed E-state index contributed by atoms with van der Waals surface area (Å²) in [5, 5.41) is 14.7. The fourth-order valence-electron chi connectivity index (χ4n) is 2.57. The van der Waals surface area contributed by atoms with Crippen molar-refractivity contribution < 1.29 is 14.7 Å². The van der Waals surface area contributed by atoms with E-state index in [0.717, 1.165) is 31.2 Å². The van der Waals surface area contributed by atoms with Gasteiger partial charge in [-0.15, -0.1) is 0 Å². The van der Waals surface area contributed by atoms with Crippen LogP contribution in [0.1, 0.15) is 42.9 Å². The summed E-state index contributed by atoms with van der Waals surface area (Å²) < 4.78 is 0. The summed E-state index contributed by atoms with van der Waals surface area (Å²) in [4.78, 5) is 23.2. The Bertz CT molecular complexity index is 496. The molecule has 1 aromatic rings. The maximum atomic E-state index is 11.9. The number of carboxylic acids is 1. The lowest BCUT2D eigenvalue weighted by Gasteiger charge is -2.18. The quantitative estimate of drug-likeness (QED) is 0.790. The molecule has 1 aliphatic rings. The number of amides is 2. The van der Waals surface area contributed by atoms with Gasteiger partial charge in [0.2, 0.25) is 0 Å². The monoisotopic (exact) mass is 276 g/mol. The zero-order valence-corrected chi connectivity index (χ0v) is 11.6. The molecule has 20 heavy (non-hydrogen) atoms. The van der Waals surface area contributed by atoms with Crippen LogP contribution >= 0.6 is 0 Å². The van der Waals surface area contributed by atoms with Gasteiger partial charge in [-0.1, -0.05) is 42.7 Å². The second-order valence-electron chi connectivity index (χ2n) is 5.28. The largest absolute Gasteiger partial charge is 0.479 e. The highest BCUT2D eigenvalue weighted by atomic mass is 16.4. The topological polar surface area (TPSA) is 78.4 Å². The van der Waals surface area contributed by atoms with Crippen LogP contribution in [0.5, 0.6) is 0 Å². The zero-order valence-electron chi connectivity index (χ0n) is 11.6. The molecule has 108 valence electrons. The van der Waals surface area contributed by atoms with Crippen molar-refractivity contribution >= 4 is 12.0 Å². The number of aryl methyl sites for hydroxylation is 1.